The molecule has 24 heavy (non-hydrogen) atoms. The Kier molecular flexibility index (Phi) is 4.62. The van der Waals surface area contributed by atoms with E-state index in [2.05, 4.69) is 10.3 Å². The van der Waals surface area contributed by atoms with Crippen LogP contribution < -0.4 is 5.32 Å². The minimum absolute atomic E-state index is 0.0718. The first-order valence-corrected chi connectivity index (χ1v) is 7.42. The molecule has 0 saturated carbocycles. The molecule has 3 aromatic rings. The van der Waals surface area contributed by atoms with Crippen LogP contribution in [0.2, 0.25) is 0 Å². The molecule has 0 bridgehead atoms. The summed E-state index contributed by atoms with van der Waals surface area (Å²) in [5.41, 5.74) is 3.47. The first-order chi connectivity index (χ1) is 11.7. The average Bonchev–Trinajstić information content (AvgIpc) is 2.63. The fraction of sp³-hybridized carbons (Fsp3) is 0. The Labute approximate surface area is 139 Å². The maximum Gasteiger partial charge on any atom is 0.269 e. The highest BCUT2D eigenvalue weighted by Gasteiger charge is 2.06. The second-order valence-electron chi connectivity index (χ2n) is 5.11. The van der Waals surface area contributed by atoms with Crippen molar-refractivity contribution >= 4 is 23.1 Å². The molecule has 118 valence electrons. The Morgan fingerprint density at radius 1 is 0.958 bits per heavy atom. The molecule has 2 aromatic carbocycles. The quantitative estimate of drug-likeness (QED) is 0.551. The van der Waals surface area contributed by atoms with E-state index in [-0.39, 0.29) is 5.69 Å². The van der Waals surface area contributed by atoms with Gasteiger partial charge in [0.05, 0.1) is 16.3 Å². The van der Waals surface area contributed by atoms with Crippen molar-refractivity contribution in [1.29, 1.82) is 0 Å². The smallest absolute Gasteiger partial charge is 0.269 e. The van der Waals surface area contributed by atoms with Crippen LogP contribution in [0.1, 0.15) is 11.3 Å². The lowest BCUT2D eigenvalue weighted by Crippen LogP contribution is -2.00. The first kappa shape index (κ1) is 15.4. The molecule has 0 unspecified atom stereocenters. The van der Waals surface area contributed by atoms with Gasteiger partial charge < -0.3 is 5.32 Å². The van der Waals surface area contributed by atoms with Gasteiger partial charge in [0.1, 0.15) is 0 Å². The van der Waals surface area contributed by atoms with Crippen LogP contribution in [-0.2, 0) is 0 Å². The summed E-state index contributed by atoms with van der Waals surface area (Å²) in [5.74, 6) is 0. The van der Waals surface area contributed by atoms with Crippen LogP contribution in [-0.4, -0.2) is 9.91 Å². The zero-order valence-corrected chi connectivity index (χ0v) is 12.8. The van der Waals surface area contributed by atoms with Gasteiger partial charge in [-0.25, -0.2) is 0 Å². The summed E-state index contributed by atoms with van der Waals surface area (Å²) in [6.45, 7) is 0. The highest BCUT2D eigenvalue weighted by Crippen LogP contribution is 2.21. The van der Waals surface area contributed by atoms with Gasteiger partial charge in [-0.15, -0.1) is 0 Å². The van der Waals surface area contributed by atoms with E-state index in [4.69, 9.17) is 0 Å². The summed E-state index contributed by atoms with van der Waals surface area (Å²) >= 11 is 0. The molecule has 0 amide bonds. The van der Waals surface area contributed by atoms with Gasteiger partial charge in [0, 0.05) is 24.0 Å². The van der Waals surface area contributed by atoms with Gasteiger partial charge in [-0.2, -0.15) is 0 Å². The number of aromatic nitrogens is 1. The number of hydrogen-bond donors (Lipinski definition) is 1. The predicted molar refractivity (Wildman–Crippen MR) is 95.3 cm³/mol. The molecule has 3 rings (SSSR count). The predicted octanol–water partition coefficient (Wildman–Crippen LogP) is 4.60. The lowest BCUT2D eigenvalue weighted by molar-refractivity contribution is -0.384. The maximum absolute atomic E-state index is 10.8. The molecule has 0 radical (unpaired) electrons. The van der Waals surface area contributed by atoms with Crippen molar-refractivity contribution in [3.05, 3.63) is 100 Å². The zero-order valence-electron chi connectivity index (χ0n) is 12.8. The molecular formula is C19H15N3O2. The molecule has 0 atom stereocenters. The Balaban J connectivity index is 1.96. The fourth-order valence-corrected chi connectivity index (χ4v) is 2.23. The number of nitrogens with one attached hydrogen (secondary N) is 1. The van der Waals surface area contributed by atoms with E-state index in [0.29, 0.717) is 0 Å². The van der Waals surface area contributed by atoms with Crippen LogP contribution >= 0.6 is 0 Å². The van der Waals surface area contributed by atoms with E-state index in [1.807, 2.05) is 54.6 Å². The Hall–Kier alpha value is -3.47. The largest absolute Gasteiger partial charge is 0.354 e. The molecular weight excluding hydrogens is 302 g/mol. The Morgan fingerprint density at radius 2 is 1.67 bits per heavy atom. The van der Waals surface area contributed by atoms with Crippen LogP contribution in [0.4, 0.5) is 11.4 Å². The second-order valence-corrected chi connectivity index (χ2v) is 5.11. The Morgan fingerprint density at radius 3 is 2.29 bits per heavy atom. The van der Waals surface area contributed by atoms with Crippen molar-refractivity contribution in [2.24, 2.45) is 0 Å². The van der Waals surface area contributed by atoms with Crippen LogP contribution in [0.25, 0.3) is 11.8 Å². The van der Waals surface area contributed by atoms with E-state index in [1.165, 1.54) is 12.1 Å². The number of pyridine rings is 1. The van der Waals surface area contributed by atoms with E-state index in [0.717, 1.165) is 22.6 Å². The van der Waals surface area contributed by atoms with Crippen molar-refractivity contribution in [2.45, 2.75) is 0 Å². The molecule has 0 fully saturated rings. The molecule has 5 heteroatoms. The van der Waals surface area contributed by atoms with Gasteiger partial charge >= 0.3 is 0 Å². The normalized spacial score (nSPS) is 11.1. The molecule has 0 saturated heterocycles. The van der Waals surface area contributed by atoms with Gasteiger partial charge in [-0.3, -0.25) is 15.1 Å². The van der Waals surface area contributed by atoms with Crippen molar-refractivity contribution < 1.29 is 4.92 Å². The third kappa shape index (κ3) is 3.84. The number of hydrogen-bond acceptors (Lipinski definition) is 4. The highest BCUT2D eigenvalue weighted by molar-refractivity contribution is 5.87. The molecule has 0 aliphatic carbocycles. The summed E-state index contributed by atoms with van der Waals surface area (Å²) in [4.78, 5) is 14.7. The highest BCUT2D eigenvalue weighted by atomic mass is 16.6. The molecule has 0 aliphatic heterocycles. The number of para-hydroxylation sites is 1. The number of nitro benzene ring substituents is 1. The third-order valence-corrected chi connectivity index (χ3v) is 3.41. The minimum atomic E-state index is -0.407. The van der Waals surface area contributed by atoms with Gasteiger partial charge in [0.2, 0.25) is 0 Å². The van der Waals surface area contributed by atoms with Gasteiger partial charge in [0.25, 0.3) is 5.69 Å². The van der Waals surface area contributed by atoms with E-state index < -0.39 is 4.92 Å². The molecule has 0 aliphatic rings. The van der Waals surface area contributed by atoms with Crippen LogP contribution in [0, 0.1) is 10.1 Å². The number of rotatable bonds is 5. The lowest BCUT2D eigenvalue weighted by atomic mass is 10.1. The van der Waals surface area contributed by atoms with Crippen molar-refractivity contribution in [2.75, 3.05) is 5.32 Å². The summed E-state index contributed by atoms with van der Waals surface area (Å²) in [5, 5.41) is 14.1. The van der Waals surface area contributed by atoms with Gasteiger partial charge in [0.15, 0.2) is 0 Å². The average molecular weight is 317 g/mol. The minimum Gasteiger partial charge on any atom is -0.354 e. The van der Waals surface area contributed by atoms with Crippen LogP contribution in [0.15, 0.2) is 79.0 Å². The molecule has 1 N–H and O–H groups in total. The lowest BCUT2D eigenvalue weighted by Gasteiger charge is -2.11. The molecule has 1 heterocycles. The number of non-ortho nitro benzene ring substituents is 1. The summed E-state index contributed by atoms with van der Waals surface area (Å²) in [6, 6.07) is 21.9. The number of nitrogens with zero attached hydrogens (tertiary/aromatic N) is 2. The maximum atomic E-state index is 10.8. The summed E-state index contributed by atoms with van der Waals surface area (Å²) in [6.07, 6.45) is 3.64. The van der Waals surface area contributed by atoms with Gasteiger partial charge in [-0.1, -0.05) is 24.3 Å². The van der Waals surface area contributed by atoms with E-state index >= 15 is 0 Å². The zero-order chi connectivity index (χ0) is 16.8. The third-order valence-electron chi connectivity index (χ3n) is 3.41. The molecule has 5 nitrogen and oxygen atoms in total. The second kappa shape index (κ2) is 7.19. The number of anilines is 1. The van der Waals surface area contributed by atoms with E-state index in [1.54, 1.807) is 18.3 Å². The van der Waals surface area contributed by atoms with E-state index in [9.17, 15) is 10.1 Å². The topological polar surface area (TPSA) is 68.1 Å². The monoisotopic (exact) mass is 317 g/mol. The van der Waals surface area contributed by atoms with Crippen molar-refractivity contribution in [3.8, 4) is 0 Å². The molecule has 0 spiro atoms. The summed E-state index contributed by atoms with van der Waals surface area (Å²) in [7, 11) is 0. The fourth-order valence-electron chi connectivity index (χ4n) is 2.23. The summed E-state index contributed by atoms with van der Waals surface area (Å²) < 4.78 is 0. The SMILES string of the molecule is O=[N+]([O-])c1ccc(/C=C(\Nc2ccccc2)c2ccccn2)cc1. The molecule has 1 aromatic heterocycles. The first-order valence-electron chi connectivity index (χ1n) is 7.42. The van der Waals surface area contributed by atoms with Crippen molar-refractivity contribution in [1.82, 2.24) is 4.98 Å². The van der Waals surface area contributed by atoms with Crippen molar-refractivity contribution in [3.63, 3.8) is 0 Å². The van der Waals surface area contributed by atoms with Gasteiger partial charge in [-0.05, 0) is 48.0 Å². The Bertz CT molecular complexity index is 845. The van der Waals surface area contributed by atoms with Crippen LogP contribution in [0.3, 0.4) is 0 Å². The number of nitro groups is 1. The van der Waals surface area contributed by atoms with Crippen LogP contribution in [0.5, 0.6) is 0 Å². The standard InChI is InChI=1S/C19H15N3O2/c23-22(24)17-11-9-15(10-12-17)14-19(18-8-4-5-13-20-18)21-16-6-2-1-3-7-16/h1-14,21H/b19-14-. The number of benzene rings is 2.